The molecule has 0 radical (unpaired) electrons. The molecule has 2 aromatic rings. The van der Waals surface area contributed by atoms with Crippen molar-refractivity contribution in [2.45, 2.75) is 0 Å². The molecule has 20 heavy (non-hydrogen) atoms. The summed E-state index contributed by atoms with van der Waals surface area (Å²) in [7, 11) is 0. The van der Waals surface area contributed by atoms with E-state index in [1.54, 1.807) is 6.07 Å². The van der Waals surface area contributed by atoms with Gasteiger partial charge in [-0.15, -0.1) is 0 Å². The molecule has 0 heterocycles. The van der Waals surface area contributed by atoms with E-state index in [2.05, 4.69) is 43.8 Å². The Kier molecular flexibility index (Phi) is 4.71. The van der Waals surface area contributed by atoms with E-state index in [1.165, 1.54) is 24.3 Å². The molecule has 0 spiro atoms. The summed E-state index contributed by atoms with van der Waals surface area (Å²) in [5, 5.41) is 13.4. The predicted molar refractivity (Wildman–Crippen MR) is 87.9 cm³/mol. The van der Waals surface area contributed by atoms with Gasteiger partial charge in [-0.3, -0.25) is 14.9 Å². The molecule has 2 rings (SSSR count). The Morgan fingerprint density at radius 2 is 2.00 bits per heavy atom. The zero-order chi connectivity index (χ0) is 14.7. The SMILES string of the molecule is O=C(Nc1ccc(Br)cc1I)c1cccc([N+](=O)[O-])c1. The van der Waals surface area contributed by atoms with Crippen LogP contribution in [-0.4, -0.2) is 10.8 Å². The average molecular weight is 447 g/mol. The van der Waals surface area contributed by atoms with Gasteiger partial charge in [-0.1, -0.05) is 22.0 Å². The third-order valence-corrected chi connectivity index (χ3v) is 3.88. The summed E-state index contributed by atoms with van der Waals surface area (Å²) in [6.45, 7) is 0. The minimum absolute atomic E-state index is 0.108. The van der Waals surface area contributed by atoms with E-state index in [1.807, 2.05) is 12.1 Å². The van der Waals surface area contributed by atoms with Crippen molar-refractivity contribution >= 4 is 55.8 Å². The quantitative estimate of drug-likeness (QED) is 0.436. The first kappa shape index (κ1) is 14.9. The van der Waals surface area contributed by atoms with Crippen LogP contribution in [-0.2, 0) is 0 Å². The highest BCUT2D eigenvalue weighted by molar-refractivity contribution is 14.1. The topological polar surface area (TPSA) is 72.2 Å². The molecule has 0 aliphatic heterocycles. The number of nitrogens with zero attached hydrogens (tertiary/aromatic N) is 1. The summed E-state index contributed by atoms with van der Waals surface area (Å²) < 4.78 is 1.78. The number of anilines is 1. The Labute approximate surface area is 136 Å². The molecule has 5 nitrogen and oxygen atoms in total. The molecule has 0 atom stereocenters. The lowest BCUT2D eigenvalue weighted by Gasteiger charge is -2.07. The van der Waals surface area contributed by atoms with Gasteiger partial charge in [0.1, 0.15) is 0 Å². The standard InChI is InChI=1S/C13H8BrIN2O3/c14-9-4-5-12(11(15)7-9)16-13(18)8-2-1-3-10(6-8)17(19)20/h1-7H,(H,16,18). The maximum atomic E-state index is 12.1. The summed E-state index contributed by atoms with van der Waals surface area (Å²) in [6, 6.07) is 11.1. The van der Waals surface area contributed by atoms with Gasteiger partial charge in [0.15, 0.2) is 0 Å². The average Bonchev–Trinajstić information content (AvgIpc) is 2.42. The van der Waals surface area contributed by atoms with E-state index < -0.39 is 4.92 Å². The largest absolute Gasteiger partial charge is 0.321 e. The van der Waals surface area contributed by atoms with Crippen LogP contribution >= 0.6 is 38.5 Å². The lowest BCUT2D eigenvalue weighted by Crippen LogP contribution is -2.13. The third kappa shape index (κ3) is 3.54. The zero-order valence-electron chi connectivity index (χ0n) is 9.97. The van der Waals surface area contributed by atoms with Crippen molar-refractivity contribution in [1.82, 2.24) is 0 Å². The number of benzene rings is 2. The van der Waals surface area contributed by atoms with Crippen LogP contribution in [0.4, 0.5) is 11.4 Å². The van der Waals surface area contributed by atoms with E-state index in [9.17, 15) is 14.9 Å². The third-order valence-electron chi connectivity index (χ3n) is 2.50. The number of amides is 1. The molecular weight excluding hydrogens is 439 g/mol. The summed E-state index contributed by atoms with van der Waals surface area (Å²) in [5.74, 6) is -0.381. The van der Waals surface area contributed by atoms with Crippen molar-refractivity contribution in [1.29, 1.82) is 0 Å². The first-order valence-electron chi connectivity index (χ1n) is 5.48. The van der Waals surface area contributed by atoms with Gasteiger partial charge in [0, 0.05) is 25.7 Å². The predicted octanol–water partition coefficient (Wildman–Crippen LogP) is 4.21. The molecule has 0 aromatic heterocycles. The number of hydrogen-bond donors (Lipinski definition) is 1. The number of carbonyl (C=O) groups is 1. The second-order valence-corrected chi connectivity index (χ2v) is 5.96. The lowest BCUT2D eigenvalue weighted by molar-refractivity contribution is -0.384. The number of halogens is 2. The van der Waals surface area contributed by atoms with Gasteiger partial charge in [-0.2, -0.15) is 0 Å². The van der Waals surface area contributed by atoms with Crippen LogP contribution in [0.3, 0.4) is 0 Å². The monoisotopic (exact) mass is 446 g/mol. The van der Waals surface area contributed by atoms with Crippen molar-refractivity contribution in [3.05, 3.63) is 66.2 Å². The molecule has 0 bridgehead atoms. The summed E-state index contributed by atoms with van der Waals surface area (Å²) >= 11 is 5.44. The minimum atomic E-state index is -0.528. The van der Waals surface area contributed by atoms with Crippen LogP contribution in [0.15, 0.2) is 46.9 Å². The Bertz CT molecular complexity index is 691. The molecule has 0 aliphatic rings. The Morgan fingerprint density at radius 1 is 1.25 bits per heavy atom. The maximum Gasteiger partial charge on any atom is 0.270 e. The fourth-order valence-corrected chi connectivity index (χ4v) is 2.99. The summed E-state index contributed by atoms with van der Waals surface area (Å²) in [6.07, 6.45) is 0. The smallest absolute Gasteiger partial charge is 0.270 e. The number of nitro benzene ring substituents is 1. The van der Waals surface area contributed by atoms with Gasteiger partial charge in [0.05, 0.1) is 10.6 Å². The molecule has 0 saturated heterocycles. The molecule has 0 aliphatic carbocycles. The molecular formula is C13H8BrIN2O3. The highest BCUT2D eigenvalue weighted by atomic mass is 127. The molecule has 1 amide bonds. The Morgan fingerprint density at radius 3 is 2.65 bits per heavy atom. The molecule has 0 unspecified atom stereocenters. The fraction of sp³-hybridized carbons (Fsp3) is 0. The second-order valence-electron chi connectivity index (χ2n) is 3.89. The molecule has 0 fully saturated rings. The van der Waals surface area contributed by atoms with Crippen LogP contribution in [0.5, 0.6) is 0 Å². The van der Waals surface area contributed by atoms with Crippen molar-refractivity contribution in [3.8, 4) is 0 Å². The van der Waals surface area contributed by atoms with Gasteiger partial charge in [0.25, 0.3) is 11.6 Å². The maximum absolute atomic E-state index is 12.1. The van der Waals surface area contributed by atoms with Crippen molar-refractivity contribution in [3.63, 3.8) is 0 Å². The van der Waals surface area contributed by atoms with E-state index in [0.29, 0.717) is 5.69 Å². The molecule has 7 heteroatoms. The van der Waals surface area contributed by atoms with Crippen LogP contribution < -0.4 is 5.32 Å². The molecule has 102 valence electrons. The highest BCUT2D eigenvalue weighted by Gasteiger charge is 2.12. The number of nitrogens with one attached hydrogen (secondary N) is 1. The zero-order valence-corrected chi connectivity index (χ0v) is 13.7. The van der Waals surface area contributed by atoms with E-state index in [4.69, 9.17) is 0 Å². The van der Waals surface area contributed by atoms with Gasteiger partial charge >= 0.3 is 0 Å². The van der Waals surface area contributed by atoms with Crippen molar-refractivity contribution in [2.75, 3.05) is 5.32 Å². The van der Waals surface area contributed by atoms with Crippen molar-refractivity contribution in [2.24, 2.45) is 0 Å². The van der Waals surface area contributed by atoms with Crippen LogP contribution in [0.25, 0.3) is 0 Å². The van der Waals surface area contributed by atoms with E-state index >= 15 is 0 Å². The van der Waals surface area contributed by atoms with Gasteiger partial charge in [-0.25, -0.2) is 0 Å². The second kappa shape index (κ2) is 6.31. The fourth-order valence-electron chi connectivity index (χ4n) is 1.55. The van der Waals surface area contributed by atoms with Gasteiger partial charge in [-0.05, 0) is 46.9 Å². The summed E-state index contributed by atoms with van der Waals surface area (Å²) in [4.78, 5) is 22.2. The summed E-state index contributed by atoms with van der Waals surface area (Å²) in [5.41, 5.74) is 0.798. The van der Waals surface area contributed by atoms with E-state index in [-0.39, 0.29) is 17.2 Å². The number of rotatable bonds is 3. The van der Waals surface area contributed by atoms with Crippen LogP contribution in [0.2, 0.25) is 0 Å². The molecule has 1 N–H and O–H groups in total. The first-order valence-corrected chi connectivity index (χ1v) is 7.35. The van der Waals surface area contributed by atoms with Crippen LogP contribution in [0.1, 0.15) is 10.4 Å². The number of non-ortho nitro benzene ring substituents is 1. The van der Waals surface area contributed by atoms with Gasteiger partial charge in [0.2, 0.25) is 0 Å². The Balaban J connectivity index is 2.24. The van der Waals surface area contributed by atoms with Gasteiger partial charge < -0.3 is 5.32 Å². The number of carbonyl (C=O) groups excluding carboxylic acids is 1. The Hall–Kier alpha value is -1.48. The highest BCUT2D eigenvalue weighted by Crippen LogP contribution is 2.23. The lowest BCUT2D eigenvalue weighted by atomic mass is 10.2. The number of nitro groups is 1. The first-order chi connectivity index (χ1) is 9.47. The minimum Gasteiger partial charge on any atom is -0.321 e. The molecule has 2 aromatic carbocycles. The van der Waals surface area contributed by atoms with Crippen molar-refractivity contribution < 1.29 is 9.72 Å². The van der Waals surface area contributed by atoms with Crippen LogP contribution in [0, 0.1) is 13.7 Å². The van der Waals surface area contributed by atoms with E-state index in [0.717, 1.165) is 8.04 Å². The number of hydrogen-bond acceptors (Lipinski definition) is 3. The molecule has 0 saturated carbocycles. The normalized spacial score (nSPS) is 10.1.